The van der Waals surface area contributed by atoms with Crippen molar-refractivity contribution in [3.05, 3.63) is 28.3 Å². The Bertz CT molecular complexity index is 621. The number of hydrogen-bond donors (Lipinski definition) is 1. The molecule has 0 atom stereocenters. The molecule has 1 amide bonds. The Morgan fingerprint density at radius 2 is 1.90 bits per heavy atom. The third kappa shape index (κ3) is 4.43. The highest BCUT2D eigenvalue weighted by molar-refractivity contribution is 7.91. The Balaban J connectivity index is 1.97. The summed E-state index contributed by atoms with van der Waals surface area (Å²) in [5.41, 5.74) is 2.57. The number of aryl methyl sites for hydroxylation is 2. The number of carbonyl (C=O) groups excluding carboxylic acids is 1. The quantitative estimate of drug-likeness (QED) is 0.914. The van der Waals surface area contributed by atoms with Crippen molar-refractivity contribution in [2.24, 2.45) is 0 Å². The maximum atomic E-state index is 12.1. The predicted octanol–water partition coefficient (Wildman–Crippen LogP) is 1.63. The smallest absolute Gasteiger partial charge is 0.238 e. The van der Waals surface area contributed by atoms with Crippen molar-refractivity contribution in [3.63, 3.8) is 0 Å². The molecule has 2 rings (SSSR count). The first-order valence-corrected chi connectivity index (χ1v) is 8.96. The van der Waals surface area contributed by atoms with Crippen LogP contribution < -0.4 is 5.32 Å². The van der Waals surface area contributed by atoms with Gasteiger partial charge < -0.3 is 5.32 Å². The van der Waals surface area contributed by atoms with E-state index in [1.165, 1.54) is 0 Å². The van der Waals surface area contributed by atoms with E-state index in [0.29, 0.717) is 23.8 Å². The van der Waals surface area contributed by atoms with Crippen LogP contribution in [0.15, 0.2) is 12.1 Å². The largest absolute Gasteiger partial charge is 0.323 e. The van der Waals surface area contributed by atoms with E-state index in [1.807, 2.05) is 24.8 Å². The summed E-state index contributed by atoms with van der Waals surface area (Å²) in [6.07, 6.45) is 0. The highest BCUT2D eigenvalue weighted by atomic mass is 35.5. The van der Waals surface area contributed by atoms with Crippen molar-refractivity contribution in [1.29, 1.82) is 0 Å². The molecule has 0 bridgehead atoms. The molecule has 0 saturated carbocycles. The number of rotatable bonds is 3. The fourth-order valence-corrected chi connectivity index (χ4v) is 4.01. The minimum atomic E-state index is -2.92. The first-order chi connectivity index (χ1) is 9.77. The first-order valence-electron chi connectivity index (χ1n) is 6.76. The maximum Gasteiger partial charge on any atom is 0.238 e. The lowest BCUT2D eigenvalue weighted by Crippen LogP contribution is -2.43. The molecule has 1 aromatic rings. The summed E-state index contributed by atoms with van der Waals surface area (Å²) in [6.45, 7) is 4.81. The highest BCUT2D eigenvalue weighted by Gasteiger charge is 2.23. The third-order valence-corrected chi connectivity index (χ3v) is 5.41. The Kier molecular flexibility index (Phi) is 4.91. The molecule has 5 nitrogen and oxygen atoms in total. The monoisotopic (exact) mass is 330 g/mol. The number of nitrogens with one attached hydrogen (secondary N) is 1. The van der Waals surface area contributed by atoms with Crippen molar-refractivity contribution in [2.75, 3.05) is 36.5 Å². The van der Waals surface area contributed by atoms with E-state index in [9.17, 15) is 13.2 Å². The zero-order valence-electron chi connectivity index (χ0n) is 12.1. The van der Waals surface area contributed by atoms with Crippen molar-refractivity contribution in [2.45, 2.75) is 13.8 Å². The van der Waals surface area contributed by atoms with Crippen LogP contribution in [0, 0.1) is 13.8 Å². The zero-order chi connectivity index (χ0) is 15.6. The fourth-order valence-electron chi connectivity index (χ4n) is 2.36. The van der Waals surface area contributed by atoms with Gasteiger partial charge in [0.15, 0.2) is 9.84 Å². The summed E-state index contributed by atoms with van der Waals surface area (Å²) < 4.78 is 22.7. The molecule has 0 unspecified atom stereocenters. The Hall–Kier alpha value is -1.11. The molecular weight excluding hydrogens is 312 g/mol. The van der Waals surface area contributed by atoms with Gasteiger partial charge in [0, 0.05) is 13.1 Å². The number of nitrogens with zero attached hydrogens (tertiary/aromatic N) is 1. The molecular formula is C14H19ClN2O3S. The van der Waals surface area contributed by atoms with Crippen molar-refractivity contribution in [1.82, 2.24) is 4.90 Å². The molecule has 21 heavy (non-hydrogen) atoms. The van der Waals surface area contributed by atoms with E-state index < -0.39 is 9.84 Å². The van der Waals surface area contributed by atoms with Gasteiger partial charge in [-0.15, -0.1) is 0 Å². The van der Waals surface area contributed by atoms with E-state index in [2.05, 4.69) is 5.32 Å². The second-order valence-corrected chi connectivity index (χ2v) is 8.13. The van der Waals surface area contributed by atoms with Crippen molar-refractivity contribution < 1.29 is 13.2 Å². The van der Waals surface area contributed by atoms with Crippen LogP contribution in [0.4, 0.5) is 5.69 Å². The number of sulfone groups is 1. The molecule has 1 aromatic carbocycles. The predicted molar refractivity (Wildman–Crippen MR) is 84.6 cm³/mol. The third-order valence-electron chi connectivity index (χ3n) is 3.50. The molecule has 7 heteroatoms. The average molecular weight is 331 g/mol. The van der Waals surface area contributed by atoms with Crippen LogP contribution >= 0.6 is 11.6 Å². The van der Waals surface area contributed by atoms with Gasteiger partial charge in [0.25, 0.3) is 0 Å². The van der Waals surface area contributed by atoms with Gasteiger partial charge in [-0.05, 0) is 31.0 Å². The number of benzene rings is 1. The Labute approximate surface area is 130 Å². The van der Waals surface area contributed by atoms with Gasteiger partial charge >= 0.3 is 0 Å². The van der Waals surface area contributed by atoms with Crippen LogP contribution in [0.25, 0.3) is 0 Å². The van der Waals surface area contributed by atoms with Crippen LogP contribution in [0.3, 0.4) is 0 Å². The van der Waals surface area contributed by atoms with Gasteiger partial charge in [0.2, 0.25) is 5.91 Å². The van der Waals surface area contributed by atoms with Crippen LogP contribution in [-0.4, -0.2) is 50.4 Å². The van der Waals surface area contributed by atoms with Gasteiger partial charge in [-0.3, -0.25) is 9.69 Å². The molecule has 1 N–H and O–H groups in total. The Morgan fingerprint density at radius 1 is 1.29 bits per heavy atom. The average Bonchev–Trinajstić information content (AvgIpc) is 2.36. The van der Waals surface area contributed by atoms with Crippen LogP contribution in [0.2, 0.25) is 5.02 Å². The molecule has 1 saturated heterocycles. The molecule has 1 heterocycles. The minimum absolute atomic E-state index is 0.116. The van der Waals surface area contributed by atoms with Crippen LogP contribution in [0.1, 0.15) is 11.1 Å². The van der Waals surface area contributed by atoms with Crippen molar-refractivity contribution in [3.8, 4) is 0 Å². The summed E-state index contributed by atoms with van der Waals surface area (Å²) in [5.74, 6) is 0.0537. The van der Waals surface area contributed by atoms with E-state index in [0.717, 1.165) is 11.1 Å². The normalized spacial score (nSPS) is 18.4. The molecule has 116 valence electrons. The van der Waals surface area contributed by atoms with E-state index in [4.69, 9.17) is 11.6 Å². The zero-order valence-corrected chi connectivity index (χ0v) is 13.7. The molecule has 0 aliphatic carbocycles. The maximum absolute atomic E-state index is 12.1. The van der Waals surface area contributed by atoms with E-state index in [1.54, 1.807) is 6.07 Å². The summed E-state index contributed by atoms with van der Waals surface area (Å²) >= 11 is 6.15. The number of hydrogen-bond acceptors (Lipinski definition) is 4. The van der Waals surface area contributed by atoms with Gasteiger partial charge in [0.1, 0.15) is 0 Å². The number of halogens is 1. The number of carbonyl (C=O) groups is 1. The lowest BCUT2D eigenvalue weighted by molar-refractivity contribution is -0.117. The van der Waals surface area contributed by atoms with E-state index in [-0.39, 0.29) is 24.0 Å². The minimum Gasteiger partial charge on any atom is -0.323 e. The van der Waals surface area contributed by atoms with E-state index >= 15 is 0 Å². The highest BCUT2D eigenvalue weighted by Crippen LogP contribution is 2.27. The second kappa shape index (κ2) is 6.34. The lowest BCUT2D eigenvalue weighted by atomic mass is 10.1. The van der Waals surface area contributed by atoms with Gasteiger partial charge in [-0.1, -0.05) is 17.7 Å². The molecule has 0 aromatic heterocycles. The molecule has 1 fully saturated rings. The van der Waals surface area contributed by atoms with Crippen LogP contribution in [-0.2, 0) is 14.6 Å². The summed E-state index contributed by atoms with van der Waals surface area (Å²) in [6, 6.07) is 3.76. The second-order valence-electron chi connectivity index (χ2n) is 5.41. The fraction of sp³-hybridized carbons (Fsp3) is 0.500. The number of anilines is 1. The molecule has 0 radical (unpaired) electrons. The summed E-state index contributed by atoms with van der Waals surface area (Å²) in [4.78, 5) is 13.9. The van der Waals surface area contributed by atoms with Gasteiger partial charge in [-0.2, -0.15) is 0 Å². The summed E-state index contributed by atoms with van der Waals surface area (Å²) in [7, 11) is -2.92. The SMILES string of the molecule is Cc1cc(C)c(NC(=O)CN2CCS(=O)(=O)CC2)c(Cl)c1. The summed E-state index contributed by atoms with van der Waals surface area (Å²) in [5, 5.41) is 3.33. The lowest BCUT2D eigenvalue weighted by Gasteiger charge is -2.26. The van der Waals surface area contributed by atoms with Crippen molar-refractivity contribution >= 4 is 33.0 Å². The van der Waals surface area contributed by atoms with Gasteiger partial charge in [-0.25, -0.2) is 8.42 Å². The number of amides is 1. The molecule has 1 aliphatic rings. The molecule has 1 aliphatic heterocycles. The topological polar surface area (TPSA) is 66.5 Å². The first kappa shape index (κ1) is 16.3. The Morgan fingerprint density at radius 3 is 2.48 bits per heavy atom. The van der Waals surface area contributed by atoms with Crippen LogP contribution in [0.5, 0.6) is 0 Å². The van der Waals surface area contributed by atoms with Gasteiger partial charge in [0.05, 0.1) is 28.8 Å². The molecule has 0 spiro atoms. The standard InChI is InChI=1S/C14H19ClN2O3S/c1-10-7-11(2)14(12(15)8-10)16-13(18)9-17-3-5-21(19,20)6-4-17/h7-8H,3-6,9H2,1-2H3,(H,16,18).